The summed E-state index contributed by atoms with van der Waals surface area (Å²) in [6, 6.07) is 0.849. The average Bonchev–Trinajstić information content (AvgIpc) is 3.06. The van der Waals surface area contributed by atoms with Crippen LogP contribution in [0, 0.1) is 0 Å². The highest BCUT2D eigenvalue weighted by molar-refractivity contribution is 4.82. The zero-order valence-corrected chi connectivity index (χ0v) is 10.5. The number of nitrogens with zero attached hydrogens (tertiary/aromatic N) is 1. The molecule has 1 N–H and O–H groups in total. The monoisotopic (exact) mass is 214 g/mol. The van der Waals surface area contributed by atoms with E-state index in [2.05, 4.69) is 31.1 Å². The van der Waals surface area contributed by atoms with Gasteiger partial charge in [0.25, 0.3) is 0 Å². The third kappa shape index (κ3) is 5.50. The normalized spacial score (nSPS) is 18.4. The summed E-state index contributed by atoms with van der Waals surface area (Å²) in [5.41, 5.74) is 0. The van der Waals surface area contributed by atoms with Crippen LogP contribution in [0.3, 0.4) is 0 Å². The summed E-state index contributed by atoms with van der Waals surface area (Å²) in [5.74, 6) is 0. The lowest BCUT2D eigenvalue weighted by Gasteiger charge is -2.20. The van der Waals surface area contributed by atoms with Crippen molar-refractivity contribution in [1.82, 2.24) is 10.2 Å². The van der Waals surface area contributed by atoms with Gasteiger partial charge in [-0.3, -0.25) is 0 Å². The number of hydrogen-bond acceptors (Lipinski definition) is 3. The second-order valence-corrected chi connectivity index (χ2v) is 4.42. The van der Waals surface area contributed by atoms with E-state index >= 15 is 0 Å². The molecule has 1 unspecified atom stereocenters. The third-order valence-electron chi connectivity index (χ3n) is 3.05. The van der Waals surface area contributed by atoms with E-state index in [1.54, 1.807) is 0 Å². The smallest absolute Gasteiger partial charge is 0.0697 e. The summed E-state index contributed by atoms with van der Waals surface area (Å²) in [5, 5.41) is 3.33. The molecule has 1 fully saturated rings. The number of ether oxygens (including phenoxy) is 1. The van der Waals surface area contributed by atoms with Crippen LogP contribution in [0.15, 0.2) is 0 Å². The van der Waals surface area contributed by atoms with E-state index in [-0.39, 0.29) is 0 Å². The van der Waals surface area contributed by atoms with Gasteiger partial charge in [0.1, 0.15) is 0 Å². The fourth-order valence-electron chi connectivity index (χ4n) is 1.69. The molecule has 0 aromatic carbocycles. The first-order valence-electron chi connectivity index (χ1n) is 6.30. The molecule has 1 aliphatic rings. The number of rotatable bonds is 9. The SMILES string of the molecule is CCNCC(CC)OCCN(C)C1CC1. The summed E-state index contributed by atoms with van der Waals surface area (Å²) in [7, 11) is 2.20. The third-order valence-corrected chi connectivity index (χ3v) is 3.05. The fraction of sp³-hybridized carbons (Fsp3) is 1.00. The van der Waals surface area contributed by atoms with Gasteiger partial charge in [-0.05, 0) is 32.9 Å². The van der Waals surface area contributed by atoms with Gasteiger partial charge in [0.15, 0.2) is 0 Å². The molecule has 1 rings (SSSR count). The van der Waals surface area contributed by atoms with E-state index in [0.29, 0.717) is 6.10 Å². The molecule has 15 heavy (non-hydrogen) atoms. The van der Waals surface area contributed by atoms with Gasteiger partial charge >= 0.3 is 0 Å². The van der Waals surface area contributed by atoms with Gasteiger partial charge in [-0.2, -0.15) is 0 Å². The molecule has 0 spiro atoms. The first-order chi connectivity index (χ1) is 7.27. The van der Waals surface area contributed by atoms with Crippen LogP contribution >= 0.6 is 0 Å². The van der Waals surface area contributed by atoms with Crippen LogP contribution in [0.25, 0.3) is 0 Å². The maximum absolute atomic E-state index is 5.84. The van der Waals surface area contributed by atoms with Crippen molar-refractivity contribution in [2.75, 3.05) is 33.3 Å². The summed E-state index contributed by atoms with van der Waals surface area (Å²) in [6.07, 6.45) is 4.24. The standard InChI is InChI=1S/C12H26N2O/c1-4-12(10-13-5-2)15-9-8-14(3)11-6-7-11/h11-13H,4-10H2,1-3H3. The van der Waals surface area contributed by atoms with Crippen molar-refractivity contribution in [2.45, 2.75) is 45.3 Å². The molecule has 1 atom stereocenters. The zero-order valence-electron chi connectivity index (χ0n) is 10.5. The van der Waals surface area contributed by atoms with Crippen LogP contribution in [0.2, 0.25) is 0 Å². The Balaban J connectivity index is 1.99. The topological polar surface area (TPSA) is 24.5 Å². The number of hydrogen-bond donors (Lipinski definition) is 1. The van der Waals surface area contributed by atoms with Crippen LogP contribution in [-0.4, -0.2) is 50.3 Å². The van der Waals surface area contributed by atoms with E-state index in [0.717, 1.165) is 38.7 Å². The molecule has 0 radical (unpaired) electrons. The Morgan fingerprint density at radius 3 is 2.67 bits per heavy atom. The zero-order chi connectivity index (χ0) is 11.1. The van der Waals surface area contributed by atoms with Gasteiger partial charge in [-0.25, -0.2) is 0 Å². The second kappa shape index (κ2) is 7.20. The Labute approximate surface area is 94.2 Å². The van der Waals surface area contributed by atoms with Crippen LogP contribution in [0.5, 0.6) is 0 Å². The van der Waals surface area contributed by atoms with Crippen LogP contribution in [-0.2, 0) is 4.74 Å². The Morgan fingerprint density at radius 2 is 2.13 bits per heavy atom. The van der Waals surface area contributed by atoms with Crippen molar-refractivity contribution in [3.63, 3.8) is 0 Å². The minimum atomic E-state index is 0.387. The predicted octanol–water partition coefficient (Wildman–Crippen LogP) is 1.49. The van der Waals surface area contributed by atoms with Crippen molar-refractivity contribution in [3.05, 3.63) is 0 Å². The van der Waals surface area contributed by atoms with E-state index in [9.17, 15) is 0 Å². The Bertz CT molecular complexity index is 160. The van der Waals surface area contributed by atoms with Crippen molar-refractivity contribution in [1.29, 1.82) is 0 Å². The van der Waals surface area contributed by atoms with Crippen LogP contribution in [0.4, 0.5) is 0 Å². The lowest BCUT2D eigenvalue weighted by atomic mass is 10.3. The van der Waals surface area contributed by atoms with Crippen molar-refractivity contribution in [3.8, 4) is 0 Å². The minimum absolute atomic E-state index is 0.387. The summed E-state index contributed by atoms with van der Waals surface area (Å²) in [6.45, 7) is 8.28. The Hall–Kier alpha value is -0.120. The van der Waals surface area contributed by atoms with Gasteiger partial charge in [-0.15, -0.1) is 0 Å². The van der Waals surface area contributed by atoms with Crippen LogP contribution in [0.1, 0.15) is 33.1 Å². The molecule has 0 aliphatic heterocycles. The highest BCUT2D eigenvalue weighted by Crippen LogP contribution is 2.24. The largest absolute Gasteiger partial charge is 0.376 e. The molecule has 0 aromatic heterocycles. The fourth-order valence-corrected chi connectivity index (χ4v) is 1.69. The Morgan fingerprint density at radius 1 is 1.40 bits per heavy atom. The molecule has 0 amide bonds. The van der Waals surface area contributed by atoms with E-state index in [1.165, 1.54) is 12.8 Å². The first kappa shape index (κ1) is 12.9. The lowest BCUT2D eigenvalue weighted by Crippen LogP contribution is -2.32. The lowest BCUT2D eigenvalue weighted by molar-refractivity contribution is 0.0384. The maximum atomic E-state index is 5.84. The number of nitrogens with one attached hydrogen (secondary N) is 1. The summed E-state index contributed by atoms with van der Waals surface area (Å²) >= 11 is 0. The van der Waals surface area contributed by atoms with Crippen LogP contribution < -0.4 is 5.32 Å². The second-order valence-electron chi connectivity index (χ2n) is 4.42. The number of likely N-dealkylation sites (N-methyl/N-ethyl adjacent to an activating group) is 2. The van der Waals surface area contributed by atoms with Gasteiger partial charge in [0, 0.05) is 19.1 Å². The molecule has 1 aliphatic carbocycles. The van der Waals surface area contributed by atoms with Crippen molar-refractivity contribution < 1.29 is 4.74 Å². The highest BCUT2D eigenvalue weighted by Gasteiger charge is 2.25. The summed E-state index contributed by atoms with van der Waals surface area (Å²) < 4.78 is 5.84. The molecular weight excluding hydrogens is 188 g/mol. The molecule has 3 nitrogen and oxygen atoms in total. The molecule has 0 bridgehead atoms. The Kier molecular flexibility index (Phi) is 6.22. The van der Waals surface area contributed by atoms with Gasteiger partial charge in [0.05, 0.1) is 12.7 Å². The highest BCUT2D eigenvalue weighted by atomic mass is 16.5. The van der Waals surface area contributed by atoms with Gasteiger partial charge in [0.2, 0.25) is 0 Å². The molecule has 90 valence electrons. The van der Waals surface area contributed by atoms with Crippen molar-refractivity contribution >= 4 is 0 Å². The molecule has 3 heteroatoms. The van der Waals surface area contributed by atoms with Gasteiger partial charge in [-0.1, -0.05) is 13.8 Å². The van der Waals surface area contributed by atoms with E-state index in [4.69, 9.17) is 4.74 Å². The molecule has 0 saturated heterocycles. The quantitative estimate of drug-likeness (QED) is 0.629. The first-order valence-corrected chi connectivity index (χ1v) is 6.30. The van der Waals surface area contributed by atoms with E-state index in [1.807, 2.05) is 0 Å². The van der Waals surface area contributed by atoms with Gasteiger partial charge < -0.3 is 15.0 Å². The molecular formula is C12H26N2O. The van der Waals surface area contributed by atoms with E-state index < -0.39 is 0 Å². The summed E-state index contributed by atoms with van der Waals surface area (Å²) in [4.78, 5) is 2.42. The maximum Gasteiger partial charge on any atom is 0.0697 e. The van der Waals surface area contributed by atoms with Crippen molar-refractivity contribution in [2.24, 2.45) is 0 Å². The minimum Gasteiger partial charge on any atom is -0.376 e. The molecule has 0 aromatic rings. The average molecular weight is 214 g/mol. The molecule has 1 saturated carbocycles. The predicted molar refractivity (Wildman–Crippen MR) is 64.2 cm³/mol. The molecule has 0 heterocycles.